The number of hydrogen-bond donors (Lipinski definition) is 0. The van der Waals surface area contributed by atoms with Gasteiger partial charge in [0.05, 0.1) is 0 Å². The molecule has 81 valence electrons. The van der Waals surface area contributed by atoms with Gasteiger partial charge in [-0.25, -0.2) is 0 Å². The topological polar surface area (TPSA) is 9.23 Å². The zero-order chi connectivity index (χ0) is 11.2. The Morgan fingerprint density at radius 2 is 1.62 bits per heavy atom. The van der Waals surface area contributed by atoms with E-state index in [4.69, 9.17) is 4.74 Å². The summed E-state index contributed by atoms with van der Waals surface area (Å²) in [6, 6.07) is 18.1. The minimum atomic E-state index is 0.609. The van der Waals surface area contributed by atoms with Crippen LogP contribution in [-0.2, 0) is 6.61 Å². The van der Waals surface area contributed by atoms with E-state index >= 15 is 0 Å². The maximum atomic E-state index is 5.66. The quantitative estimate of drug-likeness (QED) is 0.728. The van der Waals surface area contributed by atoms with Gasteiger partial charge in [-0.15, -0.1) is 11.8 Å². The van der Waals surface area contributed by atoms with Crippen molar-refractivity contribution in [2.24, 2.45) is 0 Å². The van der Waals surface area contributed by atoms with E-state index in [2.05, 4.69) is 18.4 Å². The maximum absolute atomic E-state index is 5.66. The molecule has 16 heavy (non-hydrogen) atoms. The third-order valence-electron chi connectivity index (χ3n) is 2.24. The molecule has 0 aliphatic rings. The molecule has 0 bridgehead atoms. The molecule has 2 aromatic carbocycles. The average molecular weight is 229 g/mol. The molecule has 0 unspecified atom stereocenters. The molecule has 2 aromatic rings. The standard InChI is InChI=1S/C14H13OS/c1-16-14-9-7-13(8-10-14)15-11-12-5-3-2-4-6-12/h2-10H,1,11H2. The number of ether oxygens (including phenoxy) is 1. The van der Waals surface area contributed by atoms with Crippen LogP contribution in [0.15, 0.2) is 59.5 Å². The highest BCUT2D eigenvalue weighted by Gasteiger charge is 1.95. The lowest BCUT2D eigenvalue weighted by atomic mass is 10.2. The molecule has 1 radical (unpaired) electrons. The zero-order valence-corrected chi connectivity index (χ0v) is 9.74. The first-order chi connectivity index (χ1) is 7.88. The van der Waals surface area contributed by atoms with Gasteiger partial charge < -0.3 is 4.74 Å². The highest BCUT2D eigenvalue weighted by molar-refractivity contribution is 8.00. The van der Waals surface area contributed by atoms with Gasteiger partial charge in [0.15, 0.2) is 0 Å². The number of rotatable bonds is 4. The first-order valence-corrected chi connectivity index (χ1v) is 6.06. The molecular formula is C14H13OS. The van der Waals surface area contributed by atoms with Gasteiger partial charge in [-0.05, 0) is 29.8 Å². The Morgan fingerprint density at radius 1 is 0.938 bits per heavy atom. The Kier molecular flexibility index (Phi) is 3.89. The molecule has 0 atom stereocenters. The van der Waals surface area contributed by atoms with Crippen molar-refractivity contribution in [1.82, 2.24) is 0 Å². The van der Waals surface area contributed by atoms with E-state index in [9.17, 15) is 0 Å². The summed E-state index contributed by atoms with van der Waals surface area (Å²) in [6.07, 6.45) is 3.76. The molecule has 2 rings (SSSR count). The van der Waals surface area contributed by atoms with Gasteiger partial charge in [0, 0.05) is 11.2 Å². The summed E-state index contributed by atoms with van der Waals surface area (Å²) in [6.45, 7) is 0.609. The molecule has 0 aliphatic heterocycles. The lowest BCUT2D eigenvalue weighted by Gasteiger charge is -2.06. The van der Waals surface area contributed by atoms with Crippen LogP contribution in [0.5, 0.6) is 5.75 Å². The van der Waals surface area contributed by atoms with Crippen molar-refractivity contribution in [3.63, 3.8) is 0 Å². The minimum Gasteiger partial charge on any atom is -0.489 e. The van der Waals surface area contributed by atoms with Crippen molar-refractivity contribution in [1.29, 1.82) is 0 Å². The van der Waals surface area contributed by atoms with Gasteiger partial charge in [-0.1, -0.05) is 30.3 Å². The van der Waals surface area contributed by atoms with Crippen LogP contribution in [0.25, 0.3) is 0 Å². The fourth-order valence-electron chi connectivity index (χ4n) is 1.37. The molecule has 0 N–H and O–H groups in total. The smallest absolute Gasteiger partial charge is 0.119 e. The van der Waals surface area contributed by atoms with Gasteiger partial charge in [0.2, 0.25) is 0 Å². The van der Waals surface area contributed by atoms with Gasteiger partial charge in [-0.3, -0.25) is 0 Å². The van der Waals surface area contributed by atoms with Crippen LogP contribution in [0.2, 0.25) is 0 Å². The van der Waals surface area contributed by atoms with Crippen molar-refractivity contribution in [2.45, 2.75) is 11.5 Å². The largest absolute Gasteiger partial charge is 0.489 e. The van der Waals surface area contributed by atoms with Crippen molar-refractivity contribution >= 4 is 11.8 Å². The summed E-state index contributed by atoms with van der Waals surface area (Å²) in [5.41, 5.74) is 1.18. The van der Waals surface area contributed by atoms with E-state index in [1.165, 1.54) is 17.3 Å². The Balaban J connectivity index is 1.94. The van der Waals surface area contributed by atoms with Gasteiger partial charge in [0.1, 0.15) is 12.4 Å². The van der Waals surface area contributed by atoms with Crippen LogP contribution in [-0.4, -0.2) is 0 Å². The van der Waals surface area contributed by atoms with Crippen LogP contribution in [0, 0.1) is 6.26 Å². The summed E-state index contributed by atoms with van der Waals surface area (Å²) in [5, 5.41) is 0. The van der Waals surface area contributed by atoms with Crippen molar-refractivity contribution < 1.29 is 4.74 Å². The van der Waals surface area contributed by atoms with Crippen molar-refractivity contribution in [3.05, 3.63) is 66.4 Å². The Hall–Kier alpha value is -1.41. The normalized spacial score (nSPS) is 10.1. The molecule has 2 heteroatoms. The summed E-state index contributed by atoms with van der Waals surface area (Å²) in [5.74, 6) is 0.890. The molecule has 0 amide bonds. The van der Waals surface area contributed by atoms with Crippen LogP contribution >= 0.6 is 11.8 Å². The first kappa shape index (κ1) is 11.1. The summed E-state index contributed by atoms with van der Waals surface area (Å²) >= 11 is 1.49. The zero-order valence-electron chi connectivity index (χ0n) is 8.93. The van der Waals surface area contributed by atoms with E-state index in [-0.39, 0.29) is 0 Å². The molecule has 0 aliphatic carbocycles. The molecular weight excluding hydrogens is 216 g/mol. The summed E-state index contributed by atoms with van der Waals surface area (Å²) < 4.78 is 5.66. The molecule has 0 heterocycles. The number of benzene rings is 2. The fraction of sp³-hybridized carbons (Fsp3) is 0.0714. The Morgan fingerprint density at radius 3 is 2.25 bits per heavy atom. The average Bonchev–Trinajstić information content (AvgIpc) is 2.38. The van der Waals surface area contributed by atoms with Crippen LogP contribution in [0.1, 0.15) is 5.56 Å². The van der Waals surface area contributed by atoms with Crippen molar-refractivity contribution in [2.75, 3.05) is 0 Å². The van der Waals surface area contributed by atoms with E-state index in [0.29, 0.717) is 6.61 Å². The Bertz CT molecular complexity index is 422. The summed E-state index contributed by atoms with van der Waals surface area (Å²) in [7, 11) is 0. The first-order valence-electron chi connectivity index (χ1n) is 5.07. The third kappa shape index (κ3) is 3.04. The Labute approximate surface area is 100 Å². The second-order valence-electron chi connectivity index (χ2n) is 3.39. The predicted molar refractivity (Wildman–Crippen MR) is 68.4 cm³/mol. The van der Waals surface area contributed by atoms with E-state index in [1.807, 2.05) is 42.5 Å². The van der Waals surface area contributed by atoms with Gasteiger partial charge >= 0.3 is 0 Å². The molecule has 0 spiro atoms. The maximum Gasteiger partial charge on any atom is 0.119 e. The second kappa shape index (κ2) is 5.61. The molecule has 0 saturated heterocycles. The summed E-state index contributed by atoms with van der Waals surface area (Å²) in [4.78, 5) is 1.15. The predicted octanol–water partition coefficient (Wildman–Crippen LogP) is 4.15. The molecule has 0 saturated carbocycles. The lowest BCUT2D eigenvalue weighted by Crippen LogP contribution is -1.94. The van der Waals surface area contributed by atoms with Crippen LogP contribution in [0.3, 0.4) is 0 Å². The van der Waals surface area contributed by atoms with Gasteiger partial charge in [0.25, 0.3) is 0 Å². The van der Waals surface area contributed by atoms with E-state index in [0.717, 1.165) is 10.6 Å². The number of thioether (sulfide) groups is 1. The molecule has 0 fully saturated rings. The minimum absolute atomic E-state index is 0.609. The molecule has 0 aromatic heterocycles. The highest BCUT2D eigenvalue weighted by atomic mass is 32.2. The van der Waals surface area contributed by atoms with E-state index < -0.39 is 0 Å². The van der Waals surface area contributed by atoms with Crippen LogP contribution in [0.4, 0.5) is 0 Å². The number of hydrogen-bond acceptors (Lipinski definition) is 2. The second-order valence-corrected chi connectivity index (χ2v) is 4.15. The lowest BCUT2D eigenvalue weighted by molar-refractivity contribution is 0.306. The highest BCUT2D eigenvalue weighted by Crippen LogP contribution is 2.20. The SMILES string of the molecule is [CH2]Sc1ccc(OCc2ccccc2)cc1. The van der Waals surface area contributed by atoms with E-state index in [1.54, 1.807) is 0 Å². The third-order valence-corrected chi connectivity index (χ3v) is 2.84. The molecule has 1 nitrogen and oxygen atoms in total. The van der Waals surface area contributed by atoms with Gasteiger partial charge in [-0.2, -0.15) is 0 Å². The van der Waals surface area contributed by atoms with Crippen LogP contribution < -0.4 is 4.74 Å². The van der Waals surface area contributed by atoms with Crippen molar-refractivity contribution in [3.8, 4) is 5.75 Å². The fourth-order valence-corrected chi connectivity index (χ4v) is 1.70. The monoisotopic (exact) mass is 229 g/mol.